The maximum atomic E-state index is 12.8. The van der Waals surface area contributed by atoms with Gasteiger partial charge in [-0.25, -0.2) is 8.42 Å². The Kier molecular flexibility index (Phi) is 5.34. The standard InChI is InChI=1S/C20H21NO3S/c22-20(12-11-17-7-3-1-4-8-17)21(15-18-9-5-2-6-10-18)19-13-14-25(23,24)16-19/h1-12,19H,13-16H2/b12-11+/t19-/m1/s1. The third-order valence-electron chi connectivity index (χ3n) is 4.35. The van der Waals surface area contributed by atoms with E-state index in [2.05, 4.69) is 0 Å². The fourth-order valence-corrected chi connectivity index (χ4v) is 4.75. The molecule has 1 amide bonds. The number of amides is 1. The molecule has 1 saturated heterocycles. The monoisotopic (exact) mass is 355 g/mol. The van der Waals surface area contributed by atoms with Crippen molar-refractivity contribution in [1.82, 2.24) is 4.90 Å². The third kappa shape index (κ3) is 4.79. The maximum absolute atomic E-state index is 12.8. The smallest absolute Gasteiger partial charge is 0.247 e. The van der Waals surface area contributed by atoms with Crippen molar-refractivity contribution in [2.24, 2.45) is 0 Å². The molecule has 0 spiro atoms. The SMILES string of the molecule is O=C(/C=C/c1ccccc1)N(Cc1ccccc1)[C@@H]1CCS(=O)(=O)C1. The van der Waals surface area contributed by atoms with Crippen molar-refractivity contribution < 1.29 is 13.2 Å². The largest absolute Gasteiger partial charge is 0.331 e. The molecule has 5 heteroatoms. The first kappa shape index (κ1) is 17.4. The molecule has 0 N–H and O–H groups in total. The summed E-state index contributed by atoms with van der Waals surface area (Å²) >= 11 is 0. The summed E-state index contributed by atoms with van der Waals surface area (Å²) in [6.45, 7) is 0.416. The molecule has 1 atom stereocenters. The van der Waals surface area contributed by atoms with Gasteiger partial charge in [-0.2, -0.15) is 0 Å². The molecule has 25 heavy (non-hydrogen) atoms. The number of carbonyl (C=O) groups is 1. The normalized spacial score (nSPS) is 19.1. The predicted octanol–water partition coefficient (Wildman–Crippen LogP) is 2.92. The minimum atomic E-state index is -3.05. The highest BCUT2D eigenvalue weighted by Gasteiger charge is 2.34. The van der Waals surface area contributed by atoms with Crippen molar-refractivity contribution in [3.63, 3.8) is 0 Å². The second-order valence-electron chi connectivity index (χ2n) is 6.25. The fraction of sp³-hybridized carbons (Fsp3) is 0.250. The van der Waals surface area contributed by atoms with Gasteiger partial charge in [0.2, 0.25) is 5.91 Å². The van der Waals surface area contributed by atoms with Gasteiger partial charge in [0, 0.05) is 18.7 Å². The van der Waals surface area contributed by atoms with Crippen molar-refractivity contribution in [3.05, 3.63) is 77.9 Å². The Morgan fingerprint density at radius 3 is 2.28 bits per heavy atom. The van der Waals surface area contributed by atoms with Crippen LogP contribution in [0.2, 0.25) is 0 Å². The Morgan fingerprint density at radius 2 is 1.68 bits per heavy atom. The highest BCUT2D eigenvalue weighted by molar-refractivity contribution is 7.91. The van der Waals surface area contributed by atoms with Gasteiger partial charge in [0.25, 0.3) is 0 Å². The van der Waals surface area contributed by atoms with Crippen LogP contribution in [0, 0.1) is 0 Å². The Labute approximate surface area is 148 Å². The first-order chi connectivity index (χ1) is 12.0. The van der Waals surface area contributed by atoms with Crippen LogP contribution in [0.15, 0.2) is 66.7 Å². The van der Waals surface area contributed by atoms with Crippen LogP contribution in [0.3, 0.4) is 0 Å². The highest BCUT2D eigenvalue weighted by atomic mass is 32.2. The highest BCUT2D eigenvalue weighted by Crippen LogP contribution is 2.21. The van der Waals surface area contributed by atoms with Crippen molar-refractivity contribution in [2.75, 3.05) is 11.5 Å². The van der Waals surface area contributed by atoms with E-state index in [0.717, 1.165) is 11.1 Å². The molecule has 0 bridgehead atoms. The van der Waals surface area contributed by atoms with Gasteiger partial charge < -0.3 is 4.90 Å². The summed E-state index contributed by atoms with van der Waals surface area (Å²) in [5.74, 6) is 0.0402. The van der Waals surface area contributed by atoms with Crippen LogP contribution in [0.25, 0.3) is 6.08 Å². The van der Waals surface area contributed by atoms with Gasteiger partial charge in [0.1, 0.15) is 0 Å². The summed E-state index contributed by atoms with van der Waals surface area (Å²) in [4.78, 5) is 14.4. The van der Waals surface area contributed by atoms with Crippen molar-refractivity contribution in [3.8, 4) is 0 Å². The molecule has 1 heterocycles. The molecule has 0 aliphatic carbocycles. The average Bonchev–Trinajstić information content (AvgIpc) is 2.99. The van der Waals surface area contributed by atoms with Gasteiger partial charge in [-0.1, -0.05) is 60.7 Å². The fourth-order valence-electron chi connectivity index (χ4n) is 3.02. The van der Waals surface area contributed by atoms with E-state index in [-0.39, 0.29) is 23.5 Å². The molecule has 1 fully saturated rings. The Morgan fingerprint density at radius 1 is 1.04 bits per heavy atom. The minimum Gasteiger partial charge on any atom is -0.331 e. The summed E-state index contributed by atoms with van der Waals surface area (Å²) in [6.07, 6.45) is 3.80. The van der Waals surface area contributed by atoms with Gasteiger partial charge >= 0.3 is 0 Å². The second kappa shape index (κ2) is 7.66. The molecule has 2 aromatic rings. The topological polar surface area (TPSA) is 54.5 Å². The molecular formula is C20H21NO3S. The molecule has 0 radical (unpaired) electrons. The molecule has 130 valence electrons. The lowest BCUT2D eigenvalue weighted by Crippen LogP contribution is -2.39. The average molecular weight is 355 g/mol. The summed E-state index contributed by atoms with van der Waals surface area (Å²) in [7, 11) is -3.05. The van der Waals surface area contributed by atoms with Crippen LogP contribution in [-0.2, 0) is 21.2 Å². The van der Waals surface area contributed by atoms with Crippen molar-refractivity contribution in [1.29, 1.82) is 0 Å². The molecule has 0 aromatic heterocycles. The molecule has 3 rings (SSSR count). The first-order valence-electron chi connectivity index (χ1n) is 8.31. The van der Waals surface area contributed by atoms with E-state index in [0.29, 0.717) is 13.0 Å². The summed E-state index contributed by atoms with van der Waals surface area (Å²) in [6, 6.07) is 19.0. The van der Waals surface area contributed by atoms with Crippen molar-refractivity contribution >= 4 is 21.8 Å². The molecular weight excluding hydrogens is 334 g/mol. The molecule has 1 aliphatic heterocycles. The third-order valence-corrected chi connectivity index (χ3v) is 6.10. The van der Waals surface area contributed by atoms with Crippen LogP contribution < -0.4 is 0 Å². The van der Waals surface area contributed by atoms with Gasteiger partial charge in [0.15, 0.2) is 9.84 Å². The zero-order chi connectivity index (χ0) is 17.7. The van der Waals surface area contributed by atoms with Crippen LogP contribution in [-0.4, -0.2) is 36.8 Å². The second-order valence-corrected chi connectivity index (χ2v) is 8.48. The number of benzene rings is 2. The van der Waals surface area contributed by atoms with Crippen LogP contribution in [0.1, 0.15) is 17.5 Å². The quantitative estimate of drug-likeness (QED) is 0.775. The Balaban J connectivity index is 1.80. The number of sulfone groups is 1. The van der Waals surface area contributed by atoms with E-state index in [1.54, 1.807) is 11.0 Å². The van der Waals surface area contributed by atoms with E-state index < -0.39 is 9.84 Å². The maximum Gasteiger partial charge on any atom is 0.247 e. The van der Waals surface area contributed by atoms with E-state index >= 15 is 0 Å². The zero-order valence-corrected chi connectivity index (χ0v) is 14.7. The molecule has 2 aromatic carbocycles. The lowest BCUT2D eigenvalue weighted by molar-refractivity contribution is -0.128. The number of hydrogen-bond donors (Lipinski definition) is 0. The lowest BCUT2D eigenvalue weighted by atomic mass is 10.1. The number of nitrogens with zero attached hydrogens (tertiary/aromatic N) is 1. The summed E-state index contributed by atoms with van der Waals surface area (Å²) in [5, 5.41) is 0. The van der Waals surface area contributed by atoms with Gasteiger partial charge in [-0.05, 0) is 23.6 Å². The summed E-state index contributed by atoms with van der Waals surface area (Å²) in [5.41, 5.74) is 1.93. The molecule has 0 unspecified atom stereocenters. The van der Waals surface area contributed by atoms with Crippen LogP contribution >= 0.6 is 0 Å². The van der Waals surface area contributed by atoms with E-state index in [1.165, 1.54) is 6.08 Å². The van der Waals surface area contributed by atoms with E-state index in [4.69, 9.17) is 0 Å². The molecule has 1 aliphatic rings. The Bertz CT molecular complexity index is 845. The van der Waals surface area contributed by atoms with Gasteiger partial charge in [-0.15, -0.1) is 0 Å². The predicted molar refractivity (Wildman–Crippen MR) is 99.5 cm³/mol. The van der Waals surface area contributed by atoms with Crippen molar-refractivity contribution in [2.45, 2.75) is 19.0 Å². The number of rotatable bonds is 5. The van der Waals surface area contributed by atoms with E-state index in [1.807, 2.05) is 60.7 Å². The minimum absolute atomic E-state index is 0.0464. The zero-order valence-electron chi connectivity index (χ0n) is 13.9. The number of hydrogen-bond acceptors (Lipinski definition) is 3. The van der Waals surface area contributed by atoms with Gasteiger partial charge in [-0.3, -0.25) is 4.79 Å². The molecule has 4 nitrogen and oxygen atoms in total. The lowest BCUT2D eigenvalue weighted by Gasteiger charge is -2.27. The number of carbonyl (C=O) groups excluding carboxylic acids is 1. The van der Waals surface area contributed by atoms with Gasteiger partial charge in [0.05, 0.1) is 11.5 Å². The summed E-state index contributed by atoms with van der Waals surface area (Å²) < 4.78 is 23.7. The first-order valence-corrected chi connectivity index (χ1v) is 10.1. The van der Waals surface area contributed by atoms with Crippen LogP contribution in [0.5, 0.6) is 0 Å². The molecule has 0 saturated carbocycles. The van der Waals surface area contributed by atoms with Crippen LogP contribution in [0.4, 0.5) is 0 Å². The Hall–Kier alpha value is -2.40. The van der Waals surface area contributed by atoms with E-state index in [9.17, 15) is 13.2 Å².